The Morgan fingerprint density at radius 3 is 2.70 bits per heavy atom. The highest BCUT2D eigenvalue weighted by Crippen LogP contribution is 2.32. The van der Waals surface area contributed by atoms with E-state index in [2.05, 4.69) is 31.3 Å². The lowest BCUT2D eigenvalue weighted by molar-refractivity contribution is 0.127. The molecule has 1 fully saturated rings. The van der Waals surface area contributed by atoms with E-state index >= 15 is 0 Å². The highest BCUT2D eigenvalue weighted by Gasteiger charge is 2.34. The van der Waals surface area contributed by atoms with Gasteiger partial charge in [0, 0.05) is 17.6 Å². The Balaban J connectivity index is 2.10. The zero-order valence-corrected chi connectivity index (χ0v) is 13.2. The largest absolute Gasteiger partial charge is 0.394 e. The number of hydrogen-bond donors (Lipinski definition) is 2. The molecule has 1 saturated heterocycles. The highest BCUT2D eigenvalue weighted by molar-refractivity contribution is 8.00. The van der Waals surface area contributed by atoms with Gasteiger partial charge in [0.15, 0.2) is 0 Å². The minimum Gasteiger partial charge on any atom is -0.394 e. The summed E-state index contributed by atoms with van der Waals surface area (Å²) in [5, 5.41) is 14.0. The van der Waals surface area contributed by atoms with Crippen molar-refractivity contribution in [3.63, 3.8) is 0 Å². The van der Waals surface area contributed by atoms with Crippen LogP contribution in [0.25, 0.3) is 0 Å². The summed E-state index contributed by atoms with van der Waals surface area (Å²) < 4.78 is 5.63. The quantitative estimate of drug-likeness (QED) is 0.810. The van der Waals surface area contributed by atoms with Crippen molar-refractivity contribution in [2.45, 2.75) is 37.2 Å². The third-order valence-electron chi connectivity index (χ3n) is 3.96. The molecule has 1 aromatic rings. The van der Waals surface area contributed by atoms with Gasteiger partial charge in [0.1, 0.15) is 0 Å². The first-order chi connectivity index (χ1) is 9.72. The normalized spacial score (nSPS) is 25.6. The molecule has 3 unspecified atom stereocenters. The predicted molar refractivity (Wildman–Crippen MR) is 85.2 cm³/mol. The fourth-order valence-electron chi connectivity index (χ4n) is 2.71. The summed E-state index contributed by atoms with van der Waals surface area (Å²) in [6.45, 7) is 6.03. The molecule has 2 N–H and O–H groups in total. The van der Waals surface area contributed by atoms with Gasteiger partial charge < -0.3 is 15.2 Å². The summed E-state index contributed by atoms with van der Waals surface area (Å²) in [4.78, 5) is 0. The van der Waals surface area contributed by atoms with Gasteiger partial charge in [-0.05, 0) is 25.5 Å². The molecule has 1 aliphatic rings. The molecule has 3 nitrogen and oxygen atoms in total. The van der Waals surface area contributed by atoms with Gasteiger partial charge in [0.25, 0.3) is 0 Å². The van der Waals surface area contributed by atoms with Crippen molar-refractivity contribution in [1.29, 1.82) is 0 Å². The monoisotopic (exact) mass is 295 g/mol. The van der Waals surface area contributed by atoms with Crippen LogP contribution < -0.4 is 5.32 Å². The molecule has 0 amide bonds. The molecule has 20 heavy (non-hydrogen) atoms. The van der Waals surface area contributed by atoms with Crippen LogP contribution in [-0.4, -0.2) is 42.0 Å². The van der Waals surface area contributed by atoms with E-state index in [1.807, 2.05) is 30.0 Å². The molecule has 2 rings (SSSR count). The molecule has 3 atom stereocenters. The fraction of sp³-hybridized carbons (Fsp3) is 0.625. The predicted octanol–water partition coefficient (Wildman–Crippen LogP) is 2.39. The van der Waals surface area contributed by atoms with Crippen LogP contribution in [0.15, 0.2) is 30.3 Å². The van der Waals surface area contributed by atoms with Crippen molar-refractivity contribution >= 4 is 11.8 Å². The zero-order chi connectivity index (χ0) is 14.4. The maximum atomic E-state index is 9.99. The van der Waals surface area contributed by atoms with E-state index in [1.165, 1.54) is 0 Å². The number of benzene rings is 1. The molecule has 1 heterocycles. The second-order valence-electron chi connectivity index (χ2n) is 5.35. The smallest absolute Gasteiger partial charge is 0.0760 e. The number of rotatable bonds is 7. The van der Waals surface area contributed by atoms with E-state index in [1.54, 1.807) is 0 Å². The summed E-state index contributed by atoms with van der Waals surface area (Å²) in [5.41, 5.74) is 0.798. The standard InChI is InChI=1S/C16H25NO2S/c1-3-17-16(11-18,14-7-5-4-6-8-14)12-20-15-9-10-19-13(15)2/h4-8,13,15,17-18H,3,9-12H2,1-2H3. The van der Waals surface area contributed by atoms with Gasteiger partial charge in [-0.25, -0.2) is 0 Å². The van der Waals surface area contributed by atoms with Crippen LogP contribution >= 0.6 is 11.8 Å². The van der Waals surface area contributed by atoms with Crippen molar-refractivity contribution in [3.05, 3.63) is 35.9 Å². The first-order valence-electron chi connectivity index (χ1n) is 7.36. The Morgan fingerprint density at radius 2 is 2.15 bits per heavy atom. The lowest BCUT2D eigenvalue weighted by Crippen LogP contribution is -2.48. The summed E-state index contributed by atoms with van der Waals surface area (Å²) in [7, 11) is 0. The fourth-order valence-corrected chi connectivity index (χ4v) is 4.18. The Kier molecular flexibility index (Phi) is 5.90. The lowest BCUT2D eigenvalue weighted by atomic mass is 9.92. The molecule has 0 spiro atoms. The Labute approximate surface area is 126 Å². The van der Waals surface area contributed by atoms with E-state index in [-0.39, 0.29) is 12.1 Å². The van der Waals surface area contributed by atoms with Crippen LogP contribution in [0.2, 0.25) is 0 Å². The summed E-state index contributed by atoms with van der Waals surface area (Å²) >= 11 is 1.91. The molecule has 1 aromatic carbocycles. The number of aliphatic hydroxyl groups is 1. The Hall–Kier alpha value is -0.550. The zero-order valence-electron chi connectivity index (χ0n) is 12.3. The van der Waals surface area contributed by atoms with E-state index in [4.69, 9.17) is 4.74 Å². The maximum Gasteiger partial charge on any atom is 0.0760 e. The maximum absolute atomic E-state index is 9.99. The van der Waals surface area contributed by atoms with E-state index in [0.717, 1.165) is 30.9 Å². The van der Waals surface area contributed by atoms with Gasteiger partial charge in [0.2, 0.25) is 0 Å². The second-order valence-corrected chi connectivity index (χ2v) is 6.58. The summed E-state index contributed by atoms with van der Waals surface area (Å²) in [5.74, 6) is 0.861. The van der Waals surface area contributed by atoms with Gasteiger partial charge in [-0.2, -0.15) is 11.8 Å². The van der Waals surface area contributed by atoms with Crippen LogP contribution in [0.5, 0.6) is 0 Å². The lowest BCUT2D eigenvalue weighted by Gasteiger charge is -2.34. The molecule has 0 radical (unpaired) electrons. The van der Waals surface area contributed by atoms with Gasteiger partial charge in [0.05, 0.1) is 18.2 Å². The minimum atomic E-state index is -0.358. The van der Waals surface area contributed by atoms with E-state index in [9.17, 15) is 5.11 Å². The molecular formula is C16H25NO2S. The molecular weight excluding hydrogens is 270 g/mol. The van der Waals surface area contributed by atoms with Crippen molar-refractivity contribution in [1.82, 2.24) is 5.32 Å². The average molecular weight is 295 g/mol. The third kappa shape index (κ3) is 3.55. The Bertz CT molecular complexity index is 401. The van der Waals surface area contributed by atoms with Crippen LogP contribution in [-0.2, 0) is 10.3 Å². The molecule has 0 aliphatic carbocycles. The average Bonchev–Trinajstić information content (AvgIpc) is 2.90. The van der Waals surface area contributed by atoms with Crippen molar-refractivity contribution < 1.29 is 9.84 Å². The number of hydrogen-bond acceptors (Lipinski definition) is 4. The number of likely N-dealkylation sites (N-methyl/N-ethyl adjacent to an activating group) is 1. The SMILES string of the molecule is CCNC(CO)(CSC1CCOC1C)c1ccccc1. The van der Waals surface area contributed by atoms with Gasteiger partial charge in [-0.3, -0.25) is 0 Å². The molecule has 0 aromatic heterocycles. The Morgan fingerprint density at radius 1 is 1.40 bits per heavy atom. The van der Waals surface area contributed by atoms with Gasteiger partial charge >= 0.3 is 0 Å². The van der Waals surface area contributed by atoms with Gasteiger partial charge in [-0.15, -0.1) is 0 Å². The van der Waals surface area contributed by atoms with Crippen molar-refractivity contribution in [2.24, 2.45) is 0 Å². The first kappa shape index (κ1) is 15.8. The molecule has 112 valence electrons. The van der Waals surface area contributed by atoms with Crippen molar-refractivity contribution in [2.75, 3.05) is 25.5 Å². The van der Waals surface area contributed by atoms with Crippen LogP contribution in [0.3, 0.4) is 0 Å². The number of thioether (sulfide) groups is 1. The number of aliphatic hydroxyl groups excluding tert-OH is 1. The summed E-state index contributed by atoms with van der Waals surface area (Å²) in [6.07, 6.45) is 1.42. The molecule has 0 bridgehead atoms. The van der Waals surface area contributed by atoms with Crippen molar-refractivity contribution in [3.8, 4) is 0 Å². The van der Waals surface area contributed by atoms with Crippen LogP contribution in [0, 0.1) is 0 Å². The molecule has 4 heteroatoms. The number of ether oxygens (including phenoxy) is 1. The number of nitrogens with one attached hydrogen (secondary N) is 1. The third-order valence-corrected chi connectivity index (χ3v) is 5.67. The highest BCUT2D eigenvalue weighted by atomic mass is 32.2. The topological polar surface area (TPSA) is 41.5 Å². The van der Waals surface area contributed by atoms with Crippen LogP contribution in [0.4, 0.5) is 0 Å². The first-order valence-corrected chi connectivity index (χ1v) is 8.41. The minimum absolute atomic E-state index is 0.111. The molecule has 0 saturated carbocycles. The summed E-state index contributed by atoms with van der Waals surface area (Å²) in [6, 6.07) is 10.3. The van der Waals surface area contributed by atoms with Crippen LogP contribution in [0.1, 0.15) is 25.8 Å². The van der Waals surface area contributed by atoms with E-state index in [0.29, 0.717) is 11.4 Å². The second kappa shape index (κ2) is 7.46. The van der Waals surface area contributed by atoms with E-state index < -0.39 is 0 Å². The molecule has 1 aliphatic heterocycles. The van der Waals surface area contributed by atoms with Gasteiger partial charge in [-0.1, -0.05) is 37.3 Å².